The van der Waals surface area contributed by atoms with Crippen LogP contribution in [0.1, 0.15) is 18.4 Å². The van der Waals surface area contributed by atoms with Gasteiger partial charge in [-0.15, -0.1) is 11.3 Å². The van der Waals surface area contributed by atoms with Crippen molar-refractivity contribution >= 4 is 11.3 Å². The van der Waals surface area contributed by atoms with Crippen LogP contribution >= 0.6 is 11.3 Å². The molecule has 0 aromatic carbocycles. The van der Waals surface area contributed by atoms with Gasteiger partial charge in [-0.1, -0.05) is 5.16 Å². The summed E-state index contributed by atoms with van der Waals surface area (Å²) in [5.74, 6) is 0.827. The summed E-state index contributed by atoms with van der Waals surface area (Å²) in [5, 5.41) is 12.5. The van der Waals surface area contributed by atoms with Gasteiger partial charge in [-0.2, -0.15) is 4.98 Å². The summed E-state index contributed by atoms with van der Waals surface area (Å²) in [7, 11) is 0. The van der Waals surface area contributed by atoms with Crippen LogP contribution in [0.15, 0.2) is 16.2 Å². The van der Waals surface area contributed by atoms with E-state index in [0.717, 1.165) is 4.88 Å². The van der Waals surface area contributed by atoms with Crippen molar-refractivity contribution in [2.24, 2.45) is 5.73 Å². The Morgan fingerprint density at radius 1 is 1.60 bits per heavy atom. The fourth-order valence-corrected chi connectivity index (χ4v) is 1.62. The maximum absolute atomic E-state index is 8.71. The number of aliphatic hydroxyl groups is 1. The Morgan fingerprint density at radius 3 is 3.13 bits per heavy atom. The molecule has 80 valence electrons. The molecule has 0 aliphatic rings. The van der Waals surface area contributed by atoms with Crippen molar-refractivity contribution < 1.29 is 9.63 Å². The Kier molecular flexibility index (Phi) is 3.05. The second-order valence-electron chi connectivity index (χ2n) is 2.94. The Hall–Kier alpha value is -1.31. The molecule has 1 atom stereocenters. The molecule has 0 saturated carbocycles. The quantitative estimate of drug-likeness (QED) is 0.791. The SMILES string of the molecule is NC(CCO)c1nc(-c2cncs2)no1. The van der Waals surface area contributed by atoms with E-state index in [1.807, 2.05) is 0 Å². The summed E-state index contributed by atoms with van der Waals surface area (Å²) in [6, 6.07) is -0.413. The molecule has 3 N–H and O–H groups in total. The van der Waals surface area contributed by atoms with Gasteiger partial charge in [0, 0.05) is 12.8 Å². The molecule has 2 rings (SSSR count). The van der Waals surface area contributed by atoms with Crippen LogP contribution in [0.5, 0.6) is 0 Å². The third kappa shape index (κ3) is 2.20. The number of aliphatic hydroxyl groups excluding tert-OH is 1. The molecule has 0 radical (unpaired) electrons. The predicted molar refractivity (Wildman–Crippen MR) is 54.0 cm³/mol. The first kappa shape index (κ1) is 10.2. The van der Waals surface area contributed by atoms with E-state index in [4.69, 9.17) is 15.4 Å². The second kappa shape index (κ2) is 4.47. The van der Waals surface area contributed by atoms with E-state index in [-0.39, 0.29) is 6.61 Å². The van der Waals surface area contributed by atoms with Crippen LogP contribution in [0.2, 0.25) is 0 Å². The van der Waals surface area contributed by atoms with Crippen molar-refractivity contribution in [3.05, 3.63) is 17.6 Å². The summed E-state index contributed by atoms with van der Waals surface area (Å²) in [4.78, 5) is 8.88. The summed E-state index contributed by atoms with van der Waals surface area (Å²) >= 11 is 1.43. The van der Waals surface area contributed by atoms with Crippen molar-refractivity contribution in [2.75, 3.05) is 6.61 Å². The Bertz CT molecular complexity index is 414. The van der Waals surface area contributed by atoms with Gasteiger partial charge in [-0.25, -0.2) is 0 Å². The van der Waals surface area contributed by atoms with Gasteiger partial charge in [0.1, 0.15) is 0 Å². The fraction of sp³-hybridized carbons (Fsp3) is 0.375. The number of nitrogens with two attached hydrogens (primary N) is 1. The molecule has 2 heterocycles. The van der Waals surface area contributed by atoms with Crippen molar-refractivity contribution in [3.63, 3.8) is 0 Å². The molecule has 6 nitrogen and oxygen atoms in total. The van der Waals surface area contributed by atoms with Crippen LogP contribution in [-0.4, -0.2) is 26.8 Å². The topological polar surface area (TPSA) is 98.1 Å². The van der Waals surface area contributed by atoms with E-state index in [1.54, 1.807) is 11.7 Å². The number of nitrogens with zero attached hydrogens (tertiary/aromatic N) is 3. The smallest absolute Gasteiger partial charge is 0.243 e. The summed E-state index contributed by atoms with van der Waals surface area (Å²) in [6.45, 7) is -0.000558. The van der Waals surface area contributed by atoms with Crippen LogP contribution in [-0.2, 0) is 0 Å². The summed E-state index contributed by atoms with van der Waals surface area (Å²) in [6.07, 6.45) is 2.07. The van der Waals surface area contributed by atoms with Gasteiger partial charge in [0.2, 0.25) is 11.7 Å². The van der Waals surface area contributed by atoms with E-state index in [9.17, 15) is 0 Å². The number of rotatable bonds is 4. The van der Waals surface area contributed by atoms with Crippen LogP contribution in [0.25, 0.3) is 10.7 Å². The van der Waals surface area contributed by atoms with Crippen molar-refractivity contribution in [1.82, 2.24) is 15.1 Å². The summed E-state index contributed by atoms with van der Waals surface area (Å²) < 4.78 is 4.98. The molecule has 0 saturated heterocycles. The van der Waals surface area contributed by atoms with Gasteiger partial charge in [0.15, 0.2) is 0 Å². The third-order valence-corrected chi connectivity index (χ3v) is 2.62. The molecule has 0 bridgehead atoms. The van der Waals surface area contributed by atoms with Crippen LogP contribution in [0, 0.1) is 0 Å². The van der Waals surface area contributed by atoms with Crippen molar-refractivity contribution in [1.29, 1.82) is 0 Å². The lowest BCUT2D eigenvalue weighted by molar-refractivity contribution is 0.259. The first-order valence-electron chi connectivity index (χ1n) is 4.40. The monoisotopic (exact) mass is 226 g/mol. The fourth-order valence-electron chi connectivity index (χ4n) is 1.07. The van der Waals surface area contributed by atoms with Gasteiger partial charge in [0.05, 0.1) is 16.4 Å². The number of hydrogen-bond acceptors (Lipinski definition) is 7. The molecule has 1 unspecified atom stereocenters. The van der Waals surface area contributed by atoms with Crippen molar-refractivity contribution in [3.8, 4) is 10.7 Å². The second-order valence-corrected chi connectivity index (χ2v) is 3.83. The number of aromatic nitrogens is 3. The highest BCUT2D eigenvalue weighted by atomic mass is 32.1. The molecular formula is C8H10N4O2S. The number of hydrogen-bond donors (Lipinski definition) is 2. The third-order valence-electron chi connectivity index (χ3n) is 1.85. The van der Waals surface area contributed by atoms with Crippen LogP contribution in [0.4, 0.5) is 0 Å². The Labute approximate surface area is 89.8 Å². The predicted octanol–water partition coefficient (Wildman–Crippen LogP) is 0.575. The van der Waals surface area contributed by atoms with E-state index in [2.05, 4.69) is 15.1 Å². The minimum Gasteiger partial charge on any atom is -0.396 e. The standard InChI is InChI=1S/C8H10N4O2S/c9-5(1-2-13)8-11-7(12-14-8)6-3-10-4-15-6/h3-5,13H,1-2,9H2. The maximum atomic E-state index is 8.71. The molecule has 0 spiro atoms. The summed E-state index contributed by atoms with van der Waals surface area (Å²) in [5.41, 5.74) is 7.40. The van der Waals surface area contributed by atoms with Crippen LogP contribution in [0.3, 0.4) is 0 Å². The molecule has 0 fully saturated rings. The molecule has 0 aliphatic carbocycles. The lowest BCUT2D eigenvalue weighted by Crippen LogP contribution is -2.12. The van der Waals surface area contributed by atoms with E-state index < -0.39 is 6.04 Å². The van der Waals surface area contributed by atoms with Crippen molar-refractivity contribution in [2.45, 2.75) is 12.5 Å². The molecule has 15 heavy (non-hydrogen) atoms. The molecule has 2 aromatic heterocycles. The zero-order valence-electron chi connectivity index (χ0n) is 7.83. The van der Waals surface area contributed by atoms with Gasteiger partial charge >= 0.3 is 0 Å². The average molecular weight is 226 g/mol. The first-order chi connectivity index (χ1) is 7.31. The van der Waals surface area contributed by atoms with E-state index in [1.165, 1.54) is 11.3 Å². The normalized spacial score (nSPS) is 12.9. The van der Waals surface area contributed by atoms with E-state index >= 15 is 0 Å². The largest absolute Gasteiger partial charge is 0.396 e. The van der Waals surface area contributed by atoms with Crippen LogP contribution < -0.4 is 5.73 Å². The lowest BCUT2D eigenvalue weighted by atomic mass is 10.2. The highest BCUT2D eigenvalue weighted by molar-refractivity contribution is 7.13. The molecule has 7 heteroatoms. The highest BCUT2D eigenvalue weighted by Gasteiger charge is 2.15. The van der Waals surface area contributed by atoms with Gasteiger partial charge in [0.25, 0.3) is 0 Å². The van der Waals surface area contributed by atoms with Gasteiger partial charge in [-0.05, 0) is 6.42 Å². The minimum absolute atomic E-state index is 0.000558. The maximum Gasteiger partial charge on any atom is 0.243 e. The Balaban J connectivity index is 2.17. The number of thiazole rings is 1. The lowest BCUT2D eigenvalue weighted by Gasteiger charge is -2.01. The zero-order valence-corrected chi connectivity index (χ0v) is 8.65. The Morgan fingerprint density at radius 2 is 2.47 bits per heavy atom. The average Bonchev–Trinajstić information content (AvgIpc) is 2.89. The minimum atomic E-state index is -0.413. The molecule has 0 aliphatic heterocycles. The molecule has 2 aromatic rings. The zero-order chi connectivity index (χ0) is 10.7. The van der Waals surface area contributed by atoms with Gasteiger partial charge in [-0.3, -0.25) is 4.98 Å². The van der Waals surface area contributed by atoms with E-state index in [0.29, 0.717) is 18.1 Å². The van der Waals surface area contributed by atoms with Gasteiger partial charge < -0.3 is 15.4 Å². The highest BCUT2D eigenvalue weighted by Crippen LogP contribution is 2.21. The molecule has 0 amide bonds. The molecular weight excluding hydrogens is 216 g/mol. The first-order valence-corrected chi connectivity index (χ1v) is 5.28.